The summed E-state index contributed by atoms with van der Waals surface area (Å²) >= 11 is 5.27. The summed E-state index contributed by atoms with van der Waals surface area (Å²) in [6.45, 7) is 7.16. The summed E-state index contributed by atoms with van der Waals surface area (Å²) < 4.78 is 5.43. The SMILES string of the molecule is CCNC(=S)N1CCC(C)C(OC)C1. The zero-order valence-electron chi connectivity index (χ0n) is 9.25. The van der Waals surface area contributed by atoms with E-state index in [-0.39, 0.29) is 0 Å². The molecule has 1 fully saturated rings. The Kier molecular flexibility index (Phi) is 4.62. The zero-order chi connectivity index (χ0) is 10.6. The summed E-state index contributed by atoms with van der Waals surface area (Å²) in [6, 6.07) is 0. The number of piperidine rings is 1. The highest BCUT2D eigenvalue weighted by molar-refractivity contribution is 7.80. The fraction of sp³-hybridized carbons (Fsp3) is 0.900. The fourth-order valence-corrected chi connectivity index (χ4v) is 2.10. The molecule has 0 aromatic rings. The maximum Gasteiger partial charge on any atom is 0.169 e. The summed E-state index contributed by atoms with van der Waals surface area (Å²) in [5, 5.41) is 4.04. The molecular formula is C10H20N2OS. The highest BCUT2D eigenvalue weighted by Crippen LogP contribution is 2.19. The molecule has 1 rings (SSSR count). The Labute approximate surface area is 91.8 Å². The molecule has 82 valence electrons. The Morgan fingerprint density at radius 2 is 2.36 bits per heavy atom. The molecule has 0 spiro atoms. The summed E-state index contributed by atoms with van der Waals surface area (Å²) in [6.07, 6.45) is 1.48. The van der Waals surface area contributed by atoms with E-state index in [1.807, 2.05) is 0 Å². The molecule has 0 aliphatic carbocycles. The number of nitrogens with zero attached hydrogens (tertiary/aromatic N) is 1. The molecule has 1 aliphatic rings. The molecule has 1 heterocycles. The first-order valence-electron chi connectivity index (χ1n) is 5.24. The van der Waals surface area contributed by atoms with Gasteiger partial charge >= 0.3 is 0 Å². The van der Waals surface area contributed by atoms with Crippen LogP contribution in [0.3, 0.4) is 0 Å². The maximum atomic E-state index is 5.43. The van der Waals surface area contributed by atoms with Gasteiger partial charge in [0.2, 0.25) is 0 Å². The minimum absolute atomic E-state index is 0.320. The highest BCUT2D eigenvalue weighted by Gasteiger charge is 2.26. The van der Waals surface area contributed by atoms with Gasteiger partial charge in [0.05, 0.1) is 6.10 Å². The van der Waals surface area contributed by atoms with Gasteiger partial charge in [-0.2, -0.15) is 0 Å². The van der Waals surface area contributed by atoms with Crippen LogP contribution in [0.2, 0.25) is 0 Å². The van der Waals surface area contributed by atoms with Gasteiger partial charge in [-0.05, 0) is 31.5 Å². The van der Waals surface area contributed by atoms with Crippen molar-refractivity contribution in [3.05, 3.63) is 0 Å². The first-order valence-corrected chi connectivity index (χ1v) is 5.65. The van der Waals surface area contributed by atoms with Crippen LogP contribution in [-0.2, 0) is 4.74 Å². The Bertz CT molecular complexity index is 199. The number of hydrogen-bond acceptors (Lipinski definition) is 2. The summed E-state index contributed by atoms with van der Waals surface area (Å²) in [5.41, 5.74) is 0. The average Bonchev–Trinajstić information content (AvgIpc) is 2.19. The van der Waals surface area contributed by atoms with E-state index in [0.717, 1.165) is 31.2 Å². The van der Waals surface area contributed by atoms with Crippen molar-refractivity contribution in [2.45, 2.75) is 26.4 Å². The van der Waals surface area contributed by atoms with Gasteiger partial charge in [0, 0.05) is 26.7 Å². The quantitative estimate of drug-likeness (QED) is 0.702. The van der Waals surface area contributed by atoms with E-state index in [1.165, 1.54) is 0 Å². The van der Waals surface area contributed by atoms with Crippen LogP contribution < -0.4 is 5.32 Å². The minimum Gasteiger partial charge on any atom is -0.379 e. The van der Waals surface area contributed by atoms with Crippen LogP contribution >= 0.6 is 12.2 Å². The number of methoxy groups -OCH3 is 1. The van der Waals surface area contributed by atoms with Gasteiger partial charge in [-0.15, -0.1) is 0 Å². The second kappa shape index (κ2) is 5.51. The first-order chi connectivity index (χ1) is 6.69. The molecule has 0 radical (unpaired) electrons. The first kappa shape index (κ1) is 11.7. The topological polar surface area (TPSA) is 24.5 Å². The van der Waals surface area contributed by atoms with Gasteiger partial charge in [0.25, 0.3) is 0 Å². The number of thiocarbonyl (C=S) groups is 1. The van der Waals surface area contributed by atoms with Crippen LogP contribution in [0, 0.1) is 5.92 Å². The number of ether oxygens (including phenoxy) is 1. The molecule has 0 bridgehead atoms. The molecule has 14 heavy (non-hydrogen) atoms. The van der Waals surface area contributed by atoms with Gasteiger partial charge in [-0.1, -0.05) is 6.92 Å². The van der Waals surface area contributed by atoms with E-state index in [1.54, 1.807) is 7.11 Å². The third-order valence-electron chi connectivity index (χ3n) is 2.81. The Balaban J connectivity index is 2.45. The van der Waals surface area contributed by atoms with Crippen molar-refractivity contribution in [2.24, 2.45) is 5.92 Å². The normalized spacial score (nSPS) is 27.5. The molecule has 3 nitrogen and oxygen atoms in total. The molecule has 2 atom stereocenters. The number of nitrogens with one attached hydrogen (secondary N) is 1. The zero-order valence-corrected chi connectivity index (χ0v) is 10.1. The monoisotopic (exact) mass is 216 g/mol. The summed E-state index contributed by atoms with van der Waals surface area (Å²) in [5.74, 6) is 0.640. The lowest BCUT2D eigenvalue weighted by Crippen LogP contribution is -2.50. The molecule has 1 saturated heterocycles. The van der Waals surface area contributed by atoms with Gasteiger partial charge in [-0.25, -0.2) is 0 Å². The Hall–Kier alpha value is -0.350. The third kappa shape index (κ3) is 2.82. The lowest BCUT2D eigenvalue weighted by molar-refractivity contribution is 0.0148. The maximum absolute atomic E-state index is 5.43. The molecular weight excluding hydrogens is 196 g/mol. The van der Waals surface area contributed by atoms with Crippen LogP contribution in [0.5, 0.6) is 0 Å². The van der Waals surface area contributed by atoms with Crippen LogP contribution in [0.1, 0.15) is 20.3 Å². The van der Waals surface area contributed by atoms with Crippen LogP contribution in [0.25, 0.3) is 0 Å². The largest absolute Gasteiger partial charge is 0.379 e. The van der Waals surface area contributed by atoms with Crippen molar-refractivity contribution in [3.63, 3.8) is 0 Å². The second-order valence-electron chi connectivity index (χ2n) is 3.82. The van der Waals surface area contributed by atoms with E-state index in [9.17, 15) is 0 Å². The van der Waals surface area contributed by atoms with E-state index < -0.39 is 0 Å². The van der Waals surface area contributed by atoms with Crippen LogP contribution in [0.4, 0.5) is 0 Å². The highest BCUT2D eigenvalue weighted by atomic mass is 32.1. The molecule has 1 aliphatic heterocycles. The molecule has 0 aromatic carbocycles. The van der Waals surface area contributed by atoms with Crippen LogP contribution in [-0.4, -0.2) is 42.9 Å². The van der Waals surface area contributed by atoms with Crippen molar-refractivity contribution < 1.29 is 4.74 Å². The lowest BCUT2D eigenvalue weighted by Gasteiger charge is -2.37. The van der Waals surface area contributed by atoms with Crippen molar-refractivity contribution in [1.82, 2.24) is 10.2 Å². The van der Waals surface area contributed by atoms with Gasteiger partial charge < -0.3 is 15.0 Å². The lowest BCUT2D eigenvalue weighted by atomic mass is 9.96. The second-order valence-corrected chi connectivity index (χ2v) is 4.21. The molecule has 1 N–H and O–H groups in total. The fourth-order valence-electron chi connectivity index (χ4n) is 1.79. The predicted molar refractivity (Wildman–Crippen MR) is 62.4 cm³/mol. The Morgan fingerprint density at radius 3 is 2.93 bits per heavy atom. The standard InChI is InChI=1S/C10H20N2OS/c1-4-11-10(14)12-6-5-8(2)9(7-12)13-3/h8-9H,4-7H2,1-3H3,(H,11,14). The number of hydrogen-bond donors (Lipinski definition) is 1. The van der Waals surface area contributed by atoms with E-state index in [0.29, 0.717) is 12.0 Å². The van der Waals surface area contributed by atoms with E-state index in [4.69, 9.17) is 17.0 Å². The molecule has 0 amide bonds. The van der Waals surface area contributed by atoms with Gasteiger partial charge in [0.1, 0.15) is 0 Å². The van der Waals surface area contributed by atoms with E-state index >= 15 is 0 Å². The van der Waals surface area contributed by atoms with Crippen LogP contribution in [0.15, 0.2) is 0 Å². The van der Waals surface area contributed by atoms with Crippen molar-refractivity contribution in [1.29, 1.82) is 0 Å². The third-order valence-corrected chi connectivity index (χ3v) is 3.21. The van der Waals surface area contributed by atoms with Crippen molar-refractivity contribution in [2.75, 3.05) is 26.7 Å². The minimum atomic E-state index is 0.320. The van der Waals surface area contributed by atoms with Crippen molar-refractivity contribution in [3.8, 4) is 0 Å². The molecule has 0 aromatic heterocycles. The van der Waals surface area contributed by atoms with Crippen molar-refractivity contribution >= 4 is 17.3 Å². The number of rotatable bonds is 2. The predicted octanol–water partition coefficient (Wildman–Crippen LogP) is 1.24. The smallest absolute Gasteiger partial charge is 0.169 e. The van der Waals surface area contributed by atoms with Gasteiger partial charge in [0.15, 0.2) is 5.11 Å². The summed E-state index contributed by atoms with van der Waals surface area (Å²) in [7, 11) is 1.78. The molecule has 2 unspecified atom stereocenters. The number of likely N-dealkylation sites (tertiary alicyclic amines) is 1. The summed E-state index contributed by atoms with van der Waals surface area (Å²) in [4.78, 5) is 2.20. The van der Waals surface area contributed by atoms with E-state index in [2.05, 4.69) is 24.1 Å². The molecule has 4 heteroatoms. The van der Waals surface area contributed by atoms with Gasteiger partial charge in [-0.3, -0.25) is 0 Å². The average molecular weight is 216 g/mol. The Morgan fingerprint density at radius 1 is 1.64 bits per heavy atom. The molecule has 0 saturated carbocycles.